The van der Waals surface area contributed by atoms with Crippen molar-refractivity contribution < 1.29 is 17.7 Å². The van der Waals surface area contributed by atoms with Crippen LogP contribution in [0.25, 0.3) is 0 Å². The number of hydrogen-bond acceptors (Lipinski definition) is 3. The van der Waals surface area contributed by atoms with E-state index in [1.165, 1.54) is 12.3 Å². The molecular formula is C11H13F3N2OS. The molecule has 0 saturated heterocycles. The highest BCUT2D eigenvalue weighted by molar-refractivity contribution is 7.91. The topological polar surface area (TPSA) is 48.3 Å². The summed E-state index contributed by atoms with van der Waals surface area (Å²) in [6.07, 6.45) is -2.47. The maximum atomic E-state index is 12.3. The van der Waals surface area contributed by atoms with Crippen molar-refractivity contribution >= 4 is 17.6 Å². The van der Waals surface area contributed by atoms with Crippen LogP contribution < -0.4 is 0 Å². The van der Waals surface area contributed by atoms with E-state index in [1.807, 2.05) is 0 Å². The fourth-order valence-electron chi connectivity index (χ4n) is 0.909. The van der Waals surface area contributed by atoms with Crippen LogP contribution in [0.5, 0.6) is 0 Å². The van der Waals surface area contributed by atoms with Gasteiger partial charge >= 0.3 is 6.18 Å². The van der Waals surface area contributed by atoms with Crippen LogP contribution in [-0.2, 0) is 17.5 Å². The third kappa shape index (κ3) is 4.30. The number of halogens is 3. The second-order valence-corrected chi connectivity index (χ2v) is 6.50. The van der Waals surface area contributed by atoms with Crippen molar-refractivity contribution in [1.82, 2.24) is 4.98 Å². The molecule has 1 atom stereocenters. The van der Waals surface area contributed by atoms with Crippen LogP contribution in [0.15, 0.2) is 22.7 Å². The van der Waals surface area contributed by atoms with Gasteiger partial charge in [0, 0.05) is 6.20 Å². The number of nitrogens with zero attached hydrogens (tertiary/aromatic N) is 2. The number of rotatable bonds is 2. The maximum absolute atomic E-state index is 12.3. The van der Waals surface area contributed by atoms with Gasteiger partial charge in [0.2, 0.25) is 0 Å². The second-order valence-electron chi connectivity index (χ2n) is 4.57. The molecule has 0 unspecified atom stereocenters. The zero-order chi connectivity index (χ0) is 14.0. The van der Waals surface area contributed by atoms with E-state index in [1.54, 1.807) is 20.8 Å². The van der Waals surface area contributed by atoms with Crippen molar-refractivity contribution in [2.45, 2.75) is 31.7 Å². The lowest BCUT2D eigenvalue weighted by Crippen LogP contribution is -2.25. The molecule has 1 aromatic rings. The largest absolute Gasteiger partial charge is 0.591 e. The molecule has 0 aliphatic heterocycles. The van der Waals surface area contributed by atoms with E-state index >= 15 is 0 Å². The van der Waals surface area contributed by atoms with Crippen molar-refractivity contribution in [2.24, 2.45) is 4.40 Å². The molecule has 0 saturated carbocycles. The molecule has 0 spiro atoms. The molecule has 0 fully saturated rings. The summed E-state index contributed by atoms with van der Waals surface area (Å²) in [6.45, 7) is 5.25. The fourth-order valence-corrected chi connectivity index (χ4v) is 1.43. The van der Waals surface area contributed by atoms with Gasteiger partial charge in [0.25, 0.3) is 0 Å². The van der Waals surface area contributed by atoms with E-state index in [-0.39, 0.29) is 5.69 Å². The molecule has 0 amide bonds. The lowest BCUT2D eigenvalue weighted by Gasteiger charge is -2.17. The predicted molar refractivity (Wildman–Crippen MR) is 64.7 cm³/mol. The zero-order valence-electron chi connectivity index (χ0n) is 10.2. The molecule has 0 aliphatic rings. The number of pyridine rings is 1. The van der Waals surface area contributed by atoms with E-state index in [9.17, 15) is 17.7 Å². The van der Waals surface area contributed by atoms with Gasteiger partial charge in [-0.2, -0.15) is 13.2 Å². The average Bonchev–Trinajstić information content (AvgIpc) is 2.24. The predicted octanol–water partition coefficient (Wildman–Crippen LogP) is 2.98. The zero-order valence-corrected chi connectivity index (χ0v) is 11.0. The highest BCUT2D eigenvalue weighted by atomic mass is 32.2. The number of hydrogen-bond donors (Lipinski definition) is 0. The van der Waals surface area contributed by atoms with E-state index in [4.69, 9.17) is 0 Å². The Labute approximate surface area is 106 Å². The molecule has 0 N–H and O–H groups in total. The van der Waals surface area contributed by atoms with Crippen LogP contribution in [0.4, 0.5) is 13.2 Å². The lowest BCUT2D eigenvalue weighted by molar-refractivity contribution is -0.137. The molecule has 0 aromatic carbocycles. The Hall–Kier alpha value is -1.08. The second kappa shape index (κ2) is 5.27. The molecule has 18 heavy (non-hydrogen) atoms. The van der Waals surface area contributed by atoms with Gasteiger partial charge in [-0.05, 0) is 32.9 Å². The van der Waals surface area contributed by atoms with Gasteiger partial charge in [0.05, 0.1) is 11.3 Å². The summed E-state index contributed by atoms with van der Waals surface area (Å²) in [7, 11) is 0. The van der Waals surface area contributed by atoms with Crippen molar-refractivity contribution in [1.29, 1.82) is 0 Å². The van der Waals surface area contributed by atoms with Crippen molar-refractivity contribution in [3.05, 3.63) is 29.6 Å². The van der Waals surface area contributed by atoms with Gasteiger partial charge in [-0.3, -0.25) is 4.98 Å². The van der Waals surface area contributed by atoms with Gasteiger partial charge in [-0.15, -0.1) is 0 Å². The lowest BCUT2D eigenvalue weighted by atomic mass is 10.2. The van der Waals surface area contributed by atoms with Gasteiger partial charge in [-0.1, -0.05) is 4.40 Å². The van der Waals surface area contributed by atoms with E-state index in [0.29, 0.717) is 0 Å². The van der Waals surface area contributed by atoms with Gasteiger partial charge < -0.3 is 4.55 Å². The van der Waals surface area contributed by atoms with Crippen LogP contribution in [0.1, 0.15) is 32.0 Å². The third-order valence-corrected chi connectivity index (χ3v) is 3.26. The average molecular weight is 278 g/mol. The Morgan fingerprint density at radius 2 is 1.89 bits per heavy atom. The first-order chi connectivity index (χ1) is 8.10. The maximum Gasteiger partial charge on any atom is 0.417 e. The molecular weight excluding hydrogens is 265 g/mol. The van der Waals surface area contributed by atoms with E-state index in [2.05, 4.69) is 9.38 Å². The van der Waals surface area contributed by atoms with Crippen molar-refractivity contribution in [3.8, 4) is 0 Å². The Morgan fingerprint density at radius 3 is 2.28 bits per heavy atom. The summed E-state index contributed by atoms with van der Waals surface area (Å²) in [5.74, 6) is 0. The minimum Gasteiger partial charge on any atom is -0.591 e. The minimum atomic E-state index is -4.41. The highest BCUT2D eigenvalue weighted by Crippen LogP contribution is 2.28. The van der Waals surface area contributed by atoms with Crippen LogP contribution >= 0.6 is 0 Å². The third-order valence-electron chi connectivity index (χ3n) is 1.92. The summed E-state index contributed by atoms with van der Waals surface area (Å²) in [5.41, 5.74) is -0.586. The minimum absolute atomic E-state index is 0.237. The fraction of sp³-hybridized carbons (Fsp3) is 0.455. The molecule has 3 nitrogen and oxygen atoms in total. The summed E-state index contributed by atoms with van der Waals surface area (Å²) < 4.78 is 51.6. The summed E-state index contributed by atoms with van der Waals surface area (Å²) in [6, 6.07) is 2.10. The van der Waals surface area contributed by atoms with Crippen LogP contribution in [0, 0.1) is 0 Å². The van der Waals surface area contributed by atoms with Crippen LogP contribution in [-0.4, -0.2) is 20.5 Å². The number of aromatic nitrogens is 1. The van der Waals surface area contributed by atoms with Crippen molar-refractivity contribution in [3.63, 3.8) is 0 Å². The molecule has 0 aliphatic carbocycles. The highest BCUT2D eigenvalue weighted by Gasteiger charge is 2.30. The monoisotopic (exact) mass is 278 g/mol. The molecule has 7 heteroatoms. The quantitative estimate of drug-likeness (QED) is 0.617. The Morgan fingerprint density at radius 1 is 1.28 bits per heavy atom. The molecule has 1 heterocycles. The van der Waals surface area contributed by atoms with Crippen LogP contribution in [0.3, 0.4) is 0 Å². The normalized spacial score (nSPS) is 15.1. The standard InChI is InChI=1S/C11H13F3N2OS/c1-10(2,3)18(17)16-7-9-5-4-8(6-15-9)11(12,13)14/h4-7H,1-3H3/b16-7+/t18-/m0/s1. The SMILES string of the molecule is CC(C)(C)[S@+]([O-])/N=C/c1ccc(C(F)(F)F)cn1. The summed E-state index contributed by atoms with van der Waals surface area (Å²) >= 11 is -1.45. The smallest absolute Gasteiger partial charge is 0.417 e. The number of alkyl halides is 3. The summed E-state index contributed by atoms with van der Waals surface area (Å²) in [4.78, 5) is 3.60. The summed E-state index contributed by atoms with van der Waals surface area (Å²) in [5, 5.41) is 0. The van der Waals surface area contributed by atoms with E-state index in [0.717, 1.165) is 12.3 Å². The molecule has 0 bridgehead atoms. The Balaban J connectivity index is 2.79. The van der Waals surface area contributed by atoms with Gasteiger partial charge in [0.15, 0.2) is 0 Å². The van der Waals surface area contributed by atoms with Gasteiger partial charge in [0.1, 0.15) is 22.3 Å². The molecule has 1 rings (SSSR count). The Kier molecular flexibility index (Phi) is 4.39. The molecule has 0 radical (unpaired) electrons. The Bertz CT molecular complexity index is 423. The van der Waals surface area contributed by atoms with Crippen LogP contribution in [0.2, 0.25) is 0 Å². The molecule has 100 valence electrons. The first-order valence-electron chi connectivity index (χ1n) is 5.10. The van der Waals surface area contributed by atoms with E-state index < -0.39 is 27.8 Å². The first-order valence-corrected chi connectivity index (χ1v) is 6.21. The van der Waals surface area contributed by atoms with Crippen molar-refractivity contribution in [2.75, 3.05) is 0 Å². The van der Waals surface area contributed by atoms with Gasteiger partial charge in [-0.25, -0.2) is 0 Å². The first kappa shape index (κ1) is 15.0. The molecule has 1 aromatic heterocycles.